The Morgan fingerprint density at radius 1 is 0.771 bits per heavy atom. The molecule has 0 aliphatic carbocycles. The summed E-state index contributed by atoms with van der Waals surface area (Å²) in [5.41, 5.74) is -1.22. The van der Waals surface area contributed by atoms with Crippen LogP contribution in [0.4, 0.5) is 0 Å². The number of carboxylic acid groups (broad SMARTS) is 2. The Labute approximate surface area is 217 Å². The molecule has 11 nitrogen and oxygen atoms in total. The summed E-state index contributed by atoms with van der Waals surface area (Å²) in [7, 11) is 0. The quantitative estimate of drug-likeness (QED) is 0.306. The molecule has 0 aliphatic heterocycles. The van der Waals surface area contributed by atoms with Crippen LogP contribution in [0.3, 0.4) is 0 Å². The molecule has 4 aromatic rings. The van der Waals surface area contributed by atoms with E-state index in [9.17, 15) is 24.3 Å². The summed E-state index contributed by atoms with van der Waals surface area (Å²) < 4.78 is 21.4. The van der Waals surface area contributed by atoms with Crippen LogP contribution in [0.15, 0.2) is 67.0 Å². The molecule has 0 fully saturated rings. The van der Waals surface area contributed by atoms with Gasteiger partial charge in [-0.3, -0.25) is 9.59 Å². The first-order valence-corrected chi connectivity index (χ1v) is 9.78. The summed E-state index contributed by atoms with van der Waals surface area (Å²) in [5, 5.41) is 28.4. The SMILES string of the molecule is O=C(O)c1cc(=O)c2c(OCC(O)COc3cccc4oc(C(=O)O)cc(=O)c34)cccc2o1.[Na]. The molecule has 0 aliphatic rings. The summed E-state index contributed by atoms with van der Waals surface area (Å²) in [5.74, 6) is -3.65. The van der Waals surface area contributed by atoms with E-state index < -0.39 is 40.4 Å². The maximum Gasteiger partial charge on any atom is 0.371 e. The third-order valence-corrected chi connectivity index (χ3v) is 4.72. The third kappa shape index (κ3) is 5.54. The molecular formula is C23H16NaO11. The molecule has 0 spiro atoms. The number of benzene rings is 2. The fourth-order valence-electron chi connectivity index (χ4n) is 3.23. The zero-order valence-corrected chi connectivity index (χ0v) is 20.2. The second kappa shape index (κ2) is 10.7. The minimum Gasteiger partial charge on any atom is -0.490 e. The first-order valence-electron chi connectivity index (χ1n) is 9.78. The van der Waals surface area contributed by atoms with Gasteiger partial charge in [0, 0.05) is 41.7 Å². The number of carboxylic acids is 2. The number of hydrogen-bond donors (Lipinski definition) is 3. The van der Waals surface area contributed by atoms with Crippen LogP contribution in [-0.4, -0.2) is 76.1 Å². The number of aromatic carboxylic acids is 2. The van der Waals surface area contributed by atoms with Gasteiger partial charge in [0.2, 0.25) is 11.5 Å². The Bertz CT molecular complexity index is 1420. The van der Waals surface area contributed by atoms with Crippen molar-refractivity contribution < 1.29 is 43.2 Å². The van der Waals surface area contributed by atoms with Crippen molar-refractivity contribution in [3.05, 3.63) is 80.5 Å². The maximum absolute atomic E-state index is 12.3. The maximum atomic E-state index is 12.3. The van der Waals surface area contributed by atoms with E-state index >= 15 is 0 Å². The van der Waals surface area contributed by atoms with Crippen LogP contribution in [0.5, 0.6) is 11.5 Å². The normalized spacial score (nSPS) is 10.8. The van der Waals surface area contributed by atoms with Gasteiger partial charge >= 0.3 is 11.9 Å². The second-order valence-corrected chi connectivity index (χ2v) is 7.09. The van der Waals surface area contributed by atoms with Gasteiger partial charge in [-0.25, -0.2) is 9.59 Å². The van der Waals surface area contributed by atoms with Crippen LogP contribution in [0, 0.1) is 0 Å². The van der Waals surface area contributed by atoms with E-state index in [0.717, 1.165) is 12.1 Å². The second-order valence-electron chi connectivity index (χ2n) is 7.09. The standard InChI is InChI=1S/C23H16O11.Na/c24-11(9-31-14-3-1-5-16-20(14)12(25)7-18(33-16)22(27)28)10-32-15-4-2-6-17-21(15)13(26)8-19(34-17)23(29)30;/h1-8,11,24H,9-10H2,(H,27,28)(H,29,30);. The summed E-state index contributed by atoms with van der Waals surface area (Å²) in [6, 6.07) is 10.4. The molecular weight excluding hydrogens is 475 g/mol. The van der Waals surface area contributed by atoms with Gasteiger partial charge in [-0.2, -0.15) is 0 Å². The predicted molar refractivity (Wildman–Crippen MR) is 122 cm³/mol. The molecule has 35 heavy (non-hydrogen) atoms. The van der Waals surface area contributed by atoms with Gasteiger partial charge in [-0.1, -0.05) is 12.1 Å². The Balaban J connectivity index is 0.00000342. The summed E-state index contributed by atoms with van der Waals surface area (Å²) >= 11 is 0. The molecule has 0 atom stereocenters. The van der Waals surface area contributed by atoms with E-state index in [1.54, 1.807) is 0 Å². The summed E-state index contributed by atoms with van der Waals surface area (Å²) in [6.45, 7) is -0.608. The molecule has 3 N–H and O–H groups in total. The number of aliphatic hydroxyl groups excluding tert-OH is 1. The predicted octanol–water partition coefficient (Wildman–Crippen LogP) is 1.73. The molecule has 0 saturated carbocycles. The number of aliphatic hydroxyl groups is 1. The first-order chi connectivity index (χ1) is 16.2. The van der Waals surface area contributed by atoms with Crippen LogP contribution in [-0.2, 0) is 0 Å². The largest absolute Gasteiger partial charge is 0.490 e. The van der Waals surface area contributed by atoms with Crippen molar-refractivity contribution in [3.8, 4) is 11.5 Å². The Morgan fingerprint density at radius 2 is 1.17 bits per heavy atom. The number of carbonyl (C=O) groups is 2. The van der Waals surface area contributed by atoms with E-state index in [-0.39, 0.29) is 76.2 Å². The third-order valence-electron chi connectivity index (χ3n) is 4.72. The van der Waals surface area contributed by atoms with Gasteiger partial charge in [0.25, 0.3) is 0 Å². The van der Waals surface area contributed by atoms with Gasteiger partial charge in [0.15, 0.2) is 10.9 Å². The fourth-order valence-corrected chi connectivity index (χ4v) is 3.23. The van der Waals surface area contributed by atoms with Crippen molar-refractivity contribution in [2.45, 2.75) is 6.10 Å². The molecule has 1 radical (unpaired) electrons. The smallest absolute Gasteiger partial charge is 0.371 e. The van der Waals surface area contributed by atoms with Gasteiger partial charge in [-0.05, 0) is 24.3 Å². The van der Waals surface area contributed by atoms with Gasteiger partial charge in [0.05, 0.1) is 0 Å². The molecule has 0 saturated heterocycles. The van der Waals surface area contributed by atoms with Crippen LogP contribution >= 0.6 is 0 Å². The summed E-state index contributed by atoms with van der Waals surface area (Å²) in [4.78, 5) is 46.8. The topological polar surface area (TPSA) is 174 Å². The van der Waals surface area contributed by atoms with Crippen molar-refractivity contribution >= 4 is 63.4 Å². The number of fused-ring (bicyclic) bond motifs is 2. The molecule has 2 aromatic carbocycles. The van der Waals surface area contributed by atoms with Crippen molar-refractivity contribution in [3.63, 3.8) is 0 Å². The molecule has 2 aromatic heterocycles. The number of hydrogen-bond acceptors (Lipinski definition) is 9. The molecule has 2 heterocycles. The van der Waals surface area contributed by atoms with Crippen LogP contribution in [0.1, 0.15) is 21.1 Å². The average molecular weight is 491 g/mol. The molecule has 175 valence electrons. The summed E-state index contributed by atoms with van der Waals surface area (Å²) in [6.07, 6.45) is -1.19. The van der Waals surface area contributed by atoms with Gasteiger partial charge in [0.1, 0.15) is 52.8 Å². The van der Waals surface area contributed by atoms with Gasteiger partial charge < -0.3 is 33.6 Å². The van der Waals surface area contributed by atoms with Crippen LogP contribution < -0.4 is 20.3 Å². The monoisotopic (exact) mass is 491 g/mol. The molecule has 0 amide bonds. The van der Waals surface area contributed by atoms with Crippen molar-refractivity contribution in [2.75, 3.05) is 13.2 Å². The number of rotatable bonds is 8. The van der Waals surface area contributed by atoms with Crippen molar-refractivity contribution in [1.82, 2.24) is 0 Å². The van der Waals surface area contributed by atoms with E-state index in [4.69, 9.17) is 28.5 Å². The first kappa shape index (κ1) is 26.0. The molecule has 0 unspecified atom stereocenters. The minimum absolute atomic E-state index is 0. The van der Waals surface area contributed by atoms with Crippen LogP contribution in [0.2, 0.25) is 0 Å². The van der Waals surface area contributed by atoms with Gasteiger partial charge in [-0.15, -0.1) is 0 Å². The molecule has 12 heteroatoms. The zero-order chi connectivity index (χ0) is 24.4. The molecule has 0 bridgehead atoms. The number of ether oxygens (including phenoxy) is 2. The van der Waals surface area contributed by atoms with Crippen molar-refractivity contribution in [1.29, 1.82) is 0 Å². The van der Waals surface area contributed by atoms with E-state index in [1.165, 1.54) is 36.4 Å². The minimum atomic E-state index is -1.39. The Hall–Kier alpha value is -3.64. The molecule has 4 rings (SSSR count). The van der Waals surface area contributed by atoms with Crippen LogP contribution in [0.25, 0.3) is 21.9 Å². The van der Waals surface area contributed by atoms with E-state index in [0.29, 0.717) is 0 Å². The average Bonchev–Trinajstić information content (AvgIpc) is 2.80. The van der Waals surface area contributed by atoms with Crippen molar-refractivity contribution in [2.24, 2.45) is 0 Å². The zero-order valence-electron chi connectivity index (χ0n) is 18.2. The van der Waals surface area contributed by atoms with E-state index in [1.807, 2.05) is 0 Å². The Morgan fingerprint density at radius 3 is 1.54 bits per heavy atom. The van der Waals surface area contributed by atoms with E-state index in [2.05, 4.69) is 0 Å². The fraction of sp³-hybridized carbons (Fsp3) is 0.130. The Kier molecular flexibility index (Phi) is 7.97.